The molecule has 1 heterocycles. The van der Waals surface area contributed by atoms with Gasteiger partial charge in [0.25, 0.3) is 0 Å². The van der Waals surface area contributed by atoms with Gasteiger partial charge in [0.05, 0.1) is 18.4 Å². The number of hydrogen-bond acceptors (Lipinski definition) is 7. The molecule has 6 aliphatic rings. The first-order valence-corrected chi connectivity index (χ1v) is 21.3. The molecule has 0 radical (unpaired) electrons. The average molecular weight is 792 g/mol. The number of morpholine rings is 1. The molecule has 9 nitrogen and oxygen atoms in total. The minimum atomic E-state index is -1.19. The van der Waals surface area contributed by atoms with Crippen LogP contribution in [0.5, 0.6) is 0 Å². The fourth-order valence-electron chi connectivity index (χ4n) is 13.8. The van der Waals surface area contributed by atoms with E-state index in [0.29, 0.717) is 23.3 Å². The van der Waals surface area contributed by atoms with Crippen LogP contribution in [0, 0.1) is 56.2 Å². The number of ether oxygens (including phenoxy) is 2. The maximum atomic E-state index is 14.3. The van der Waals surface area contributed by atoms with Crippen LogP contribution in [0.4, 0.5) is 0 Å². The van der Waals surface area contributed by atoms with Gasteiger partial charge in [-0.3, -0.25) is 19.2 Å². The largest absolute Gasteiger partial charge is 0.481 e. The summed E-state index contributed by atoms with van der Waals surface area (Å²) in [5.41, 5.74) is 0.723. The molecule has 5 aliphatic carbocycles. The highest BCUT2D eigenvalue weighted by Crippen LogP contribution is 2.77. The van der Waals surface area contributed by atoms with E-state index in [9.17, 15) is 29.1 Å². The van der Waals surface area contributed by atoms with E-state index in [2.05, 4.69) is 48.5 Å². The predicted molar refractivity (Wildman–Crippen MR) is 212 cm³/mol. The molecule has 10 heteroatoms. The lowest BCUT2D eigenvalue weighted by Gasteiger charge is -2.72. The number of carbonyl (C=O) groups excluding carboxylic acids is 4. The number of nitrogens with zero attached hydrogens (tertiary/aromatic N) is 1. The highest BCUT2D eigenvalue weighted by atomic mass is 35.5. The molecule has 0 aromatic heterocycles. The number of amides is 1. The second kappa shape index (κ2) is 13.7. The van der Waals surface area contributed by atoms with Crippen molar-refractivity contribution in [1.29, 1.82) is 0 Å². The standard InChI is InChI=1S/C46H62ClNO8/c1-26(2)36-30(49)22-46(34-25-48(38(51)39(52)56-34)24-27-10-12-28(47)13-11-27)21-20-44(8)29(37(36)46)14-15-32-43(7)18-17-33(55-35(50)23-41(3,4)40(53)54)42(5,6)31(43)16-19-45(32,44)9/h10-13,26,29,31-34H,14-25H2,1-9H3,(H,53,54)/t29-,31+,32-,33+,34+,43+,44-,45-,46+/m1/s1. The summed E-state index contributed by atoms with van der Waals surface area (Å²) in [5.74, 6) is -1.90. The number of Topliss-reactive ketones (excluding diaryl/α,β-unsaturated/α-hetero) is 1. The normalized spacial score (nSPS) is 38.0. The molecule has 7 rings (SSSR count). The highest BCUT2D eigenvalue weighted by molar-refractivity contribution is 6.33. The number of benzene rings is 1. The van der Waals surface area contributed by atoms with Gasteiger partial charge in [-0.05, 0) is 134 Å². The van der Waals surface area contributed by atoms with Crippen LogP contribution >= 0.6 is 11.6 Å². The van der Waals surface area contributed by atoms with Gasteiger partial charge >= 0.3 is 23.8 Å². The number of carbonyl (C=O) groups is 5. The fourth-order valence-corrected chi connectivity index (χ4v) is 13.9. The molecular formula is C46H62ClNO8. The van der Waals surface area contributed by atoms with Crippen LogP contribution in [0.15, 0.2) is 35.4 Å². The Bertz CT molecular complexity index is 1870. The van der Waals surface area contributed by atoms with Gasteiger partial charge in [0.2, 0.25) is 0 Å². The summed E-state index contributed by atoms with van der Waals surface area (Å²) in [7, 11) is 0. The Balaban J connectivity index is 1.19. The van der Waals surface area contributed by atoms with Gasteiger partial charge in [-0.1, -0.05) is 72.2 Å². The summed E-state index contributed by atoms with van der Waals surface area (Å²) in [6, 6.07) is 7.30. The Morgan fingerprint density at radius 1 is 0.929 bits per heavy atom. The molecule has 9 atom stereocenters. The zero-order chi connectivity index (χ0) is 41.0. The van der Waals surface area contributed by atoms with Gasteiger partial charge in [-0.15, -0.1) is 0 Å². The Labute approximate surface area is 337 Å². The summed E-state index contributed by atoms with van der Waals surface area (Å²) in [6.45, 7) is 19.8. The summed E-state index contributed by atoms with van der Waals surface area (Å²) in [4.78, 5) is 67.5. The Morgan fingerprint density at radius 2 is 1.61 bits per heavy atom. The van der Waals surface area contributed by atoms with Crippen LogP contribution in [0.3, 0.4) is 0 Å². The van der Waals surface area contributed by atoms with E-state index in [1.165, 1.54) is 5.57 Å². The monoisotopic (exact) mass is 791 g/mol. The van der Waals surface area contributed by atoms with Crippen LogP contribution < -0.4 is 0 Å². The number of allylic oxidation sites excluding steroid dienone is 1. The third-order valence-corrected chi connectivity index (χ3v) is 17.1. The molecule has 1 amide bonds. The first-order valence-electron chi connectivity index (χ1n) is 21.0. The molecule has 4 saturated carbocycles. The van der Waals surface area contributed by atoms with Gasteiger partial charge in [-0.25, -0.2) is 4.79 Å². The van der Waals surface area contributed by atoms with Gasteiger partial charge in [-0.2, -0.15) is 0 Å². The molecule has 1 aromatic carbocycles. The lowest BCUT2D eigenvalue weighted by molar-refractivity contribution is -0.236. The number of ketones is 1. The molecule has 0 unspecified atom stereocenters. The van der Waals surface area contributed by atoms with E-state index in [-0.39, 0.29) is 64.9 Å². The zero-order valence-corrected chi connectivity index (χ0v) is 35.6. The van der Waals surface area contributed by atoms with E-state index < -0.39 is 40.7 Å². The first kappa shape index (κ1) is 41.0. The minimum Gasteiger partial charge on any atom is -0.481 e. The predicted octanol–water partition coefficient (Wildman–Crippen LogP) is 8.99. The molecule has 1 aliphatic heterocycles. The number of rotatable bonds is 8. The molecule has 1 N–H and O–H groups in total. The zero-order valence-electron chi connectivity index (χ0n) is 34.9. The second-order valence-corrected chi connectivity index (χ2v) is 21.2. The summed E-state index contributed by atoms with van der Waals surface area (Å²) in [5, 5.41) is 10.2. The maximum Gasteiger partial charge on any atom is 0.397 e. The van der Waals surface area contributed by atoms with E-state index in [4.69, 9.17) is 21.1 Å². The van der Waals surface area contributed by atoms with Gasteiger partial charge in [0.15, 0.2) is 5.78 Å². The van der Waals surface area contributed by atoms with Crippen molar-refractivity contribution < 1.29 is 38.6 Å². The third-order valence-electron chi connectivity index (χ3n) is 16.9. The average Bonchev–Trinajstić information content (AvgIpc) is 3.42. The van der Waals surface area contributed by atoms with E-state index >= 15 is 0 Å². The SMILES string of the molecule is CC(C)C1=C2[C@H]3CC[C@@H]4[C@@]5(C)CC[C@H](OC(=O)CC(C)(C)C(=O)O)C(C)(C)[C@@H]5CC[C@@]4(C)[C@]3(C)CC[C@@]2([C@@H]2CN(Cc3ccc(Cl)cc3)C(=O)C(=O)O2)CC1=O. The topological polar surface area (TPSA) is 127 Å². The van der Waals surface area contributed by atoms with Gasteiger partial charge in [0, 0.05) is 28.8 Å². The summed E-state index contributed by atoms with van der Waals surface area (Å²) < 4.78 is 12.3. The van der Waals surface area contributed by atoms with Crippen molar-refractivity contribution in [3.8, 4) is 0 Å². The van der Waals surface area contributed by atoms with Crippen molar-refractivity contribution >= 4 is 41.2 Å². The molecule has 0 bridgehead atoms. The van der Waals surface area contributed by atoms with E-state index in [1.807, 2.05) is 12.1 Å². The molecular weight excluding hydrogens is 730 g/mol. The molecule has 56 heavy (non-hydrogen) atoms. The second-order valence-electron chi connectivity index (χ2n) is 20.8. The number of aliphatic carboxylic acids is 1. The lowest BCUT2D eigenvalue weighted by atomic mass is 9.33. The van der Waals surface area contributed by atoms with Crippen molar-refractivity contribution in [2.45, 2.75) is 145 Å². The quantitative estimate of drug-likeness (QED) is 0.204. The Morgan fingerprint density at radius 3 is 2.25 bits per heavy atom. The van der Waals surface area contributed by atoms with Crippen LogP contribution in [0.2, 0.25) is 5.02 Å². The van der Waals surface area contributed by atoms with Gasteiger partial charge in [0.1, 0.15) is 12.2 Å². The lowest BCUT2D eigenvalue weighted by Crippen LogP contribution is -2.66. The molecule has 306 valence electrons. The number of carboxylic acids is 1. The fraction of sp³-hybridized carbons (Fsp3) is 0.717. The summed E-state index contributed by atoms with van der Waals surface area (Å²) >= 11 is 6.14. The third kappa shape index (κ3) is 6.09. The van der Waals surface area contributed by atoms with Crippen molar-refractivity contribution in [1.82, 2.24) is 4.90 Å². The molecule has 5 fully saturated rings. The Kier molecular flexibility index (Phi) is 10.0. The Hall–Kier alpha value is -3.20. The van der Waals surface area contributed by atoms with Crippen molar-refractivity contribution in [3.63, 3.8) is 0 Å². The number of hydrogen-bond donors (Lipinski definition) is 1. The van der Waals surface area contributed by atoms with Crippen LogP contribution in [-0.4, -0.2) is 58.4 Å². The summed E-state index contributed by atoms with van der Waals surface area (Å²) in [6.07, 6.45) is 6.52. The smallest absolute Gasteiger partial charge is 0.397 e. The van der Waals surface area contributed by atoms with Crippen molar-refractivity contribution in [2.24, 2.45) is 56.2 Å². The van der Waals surface area contributed by atoms with Crippen LogP contribution in [0.1, 0.15) is 132 Å². The van der Waals surface area contributed by atoms with Crippen molar-refractivity contribution in [3.05, 3.63) is 46.0 Å². The molecule has 0 spiro atoms. The number of esters is 2. The molecule has 1 saturated heterocycles. The van der Waals surface area contributed by atoms with E-state index in [1.54, 1.807) is 30.9 Å². The van der Waals surface area contributed by atoms with Crippen molar-refractivity contribution in [2.75, 3.05) is 6.54 Å². The van der Waals surface area contributed by atoms with Gasteiger partial charge < -0.3 is 19.5 Å². The minimum absolute atomic E-state index is 0.00441. The maximum absolute atomic E-state index is 14.3. The molecule has 1 aromatic rings. The van der Waals surface area contributed by atoms with Crippen LogP contribution in [-0.2, 0) is 40.0 Å². The number of carboxylic acid groups (broad SMARTS) is 1. The number of fused-ring (bicyclic) bond motifs is 7. The number of halogens is 1. The van der Waals surface area contributed by atoms with E-state index in [0.717, 1.165) is 62.5 Å². The van der Waals surface area contributed by atoms with Crippen LogP contribution in [0.25, 0.3) is 0 Å². The number of cyclic esters (lactones) is 1. The first-order chi connectivity index (χ1) is 26.0. The highest BCUT2D eigenvalue weighted by Gasteiger charge is 2.71.